The largest absolute Gasteiger partial charge is 0.378 e. The van der Waals surface area contributed by atoms with Crippen molar-refractivity contribution in [3.8, 4) is 17.2 Å². The van der Waals surface area contributed by atoms with E-state index in [-0.39, 0.29) is 5.56 Å². The number of rotatable bonds is 5. The molecule has 1 saturated heterocycles. The third-order valence-electron chi connectivity index (χ3n) is 5.21. The number of nitrogens with zero attached hydrogens (tertiary/aromatic N) is 6. The Morgan fingerprint density at radius 3 is 2.68 bits per heavy atom. The second-order valence-corrected chi connectivity index (χ2v) is 8.30. The molecular weight excluding hydrogens is 463 g/mol. The summed E-state index contributed by atoms with van der Waals surface area (Å²) in [5, 5.41) is 19.2. The minimum Gasteiger partial charge on any atom is -0.378 e. The third-order valence-corrected chi connectivity index (χ3v) is 5.51. The highest BCUT2D eigenvalue weighted by Gasteiger charge is 2.28. The second-order valence-electron chi connectivity index (χ2n) is 7.57. The zero-order chi connectivity index (χ0) is 24.3. The van der Waals surface area contributed by atoms with E-state index in [1.807, 2.05) is 4.90 Å². The molecule has 1 atom stereocenters. The van der Waals surface area contributed by atoms with Crippen LogP contribution in [0.3, 0.4) is 0 Å². The summed E-state index contributed by atoms with van der Waals surface area (Å²) >= 11 is 0. The van der Waals surface area contributed by atoms with Gasteiger partial charge in [-0.25, -0.2) is 4.98 Å². The summed E-state index contributed by atoms with van der Waals surface area (Å²) in [6, 6.07) is 6.59. The van der Waals surface area contributed by atoms with Crippen molar-refractivity contribution in [3.63, 3.8) is 0 Å². The molecule has 4 rings (SSSR count). The van der Waals surface area contributed by atoms with Gasteiger partial charge < -0.3 is 15.0 Å². The van der Waals surface area contributed by atoms with Crippen LogP contribution >= 0.6 is 9.24 Å². The summed E-state index contributed by atoms with van der Waals surface area (Å²) < 4.78 is 32.4. The fourth-order valence-corrected chi connectivity index (χ4v) is 3.61. The summed E-state index contributed by atoms with van der Waals surface area (Å²) in [5.74, 6) is -0.0444. The summed E-state index contributed by atoms with van der Waals surface area (Å²) in [7, 11) is 1.36. The monoisotopic (exact) mass is 483 g/mol. The van der Waals surface area contributed by atoms with E-state index >= 15 is 0 Å². The van der Waals surface area contributed by atoms with Gasteiger partial charge in [0.1, 0.15) is 17.6 Å². The molecule has 34 heavy (non-hydrogen) atoms. The maximum atomic E-state index is 13.5. The molecule has 0 aromatic carbocycles. The van der Waals surface area contributed by atoms with Crippen LogP contribution in [0.4, 0.5) is 20.3 Å². The minimum absolute atomic E-state index is 0.0717. The van der Waals surface area contributed by atoms with Gasteiger partial charge in [0, 0.05) is 36.1 Å². The van der Waals surface area contributed by atoms with E-state index in [9.17, 15) is 18.8 Å². The van der Waals surface area contributed by atoms with Crippen molar-refractivity contribution >= 4 is 26.7 Å². The number of ether oxygens (including phenoxy) is 1. The Hall–Kier alpha value is -3.61. The fourth-order valence-electron chi connectivity index (χ4n) is 3.46. The van der Waals surface area contributed by atoms with Crippen molar-refractivity contribution in [2.24, 2.45) is 0 Å². The van der Waals surface area contributed by atoms with Gasteiger partial charge in [0.2, 0.25) is 0 Å². The van der Waals surface area contributed by atoms with Crippen LogP contribution in [0.5, 0.6) is 0 Å². The molecule has 1 unspecified atom stereocenters. The van der Waals surface area contributed by atoms with Crippen molar-refractivity contribution in [1.29, 1.82) is 5.26 Å². The zero-order valence-corrected chi connectivity index (χ0v) is 19.3. The predicted octanol–water partition coefficient (Wildman–Crippen LogP) is 3.13. The normalized spacial score (nSPS) is 13.9. The molecule has 174 valence electrons. The molecule has 1 amide bonds. The van der Waals surface area contributed by atoms with Gasteiger partial charge in [-0.05, 0) is 25.1 Å². The van der Waals surface area contributed by atoms with Crippen LogP contribution in [0.2, 0.25) is 0 Å². The van der Waals surface area contributed by atoms with Gasteiger partial charge in [-0.3, -0.25) is 9.78 Å². The van der Waals surface area contributed by atoms with Crippen LogP contribution in [0, 0.1) is 18.3 Å². The third kappa shape index (κ3) is 5.14. The molecule has 1 aliphatic heterocycles. The van der Waals surface area contributed by atoms with Gasteiger partial charge in [-0.1, -0.05) is 9.24 Å². The molecule has 0 radical (unpaired) electrons. The Kier molecular flexibility index (Phi) is 6.72. The molecule has 0 aliphatic carbocycles. The molecule has 9 nitrogen and oxygen atoms in total. The van der Waals surface area contributed by atoms with Crippen LogP contribution in [-0.2, 0) is 10.4 Å². The van der Waals surface area contributed by atoms with Crippen LogP contribution in [-0.4, -0.2) is 52.4 Å². The van der Waals surface area contributed by atoms with Crippen molar-refractivity contribution in [2.45, 2.75) is 12.6 Å². The number of halogens is 2. The van der Waals surface area contributed by atoms with Gasteiger partial charge in [0.15, 0.2) is 0 Å². The van der Waals surface area contributed by atoms with Crippen molar-refractivity contribution in [2.75, 3.05) is 36.5 Å². The molecular formula is C22H20F2N7O2P. The van der Waals surface area contributed by atoms with Gasteiger partial charge >= 0.3 is 5.66 Å². The van der Waals surface area contributed by atoms with E-state index in [1.165, 1.54) is 15.4 Å². The van der Waals surface area contributed by atoms with Gasteiger partial charge in [-0.2, -0.15) is 19.1 Å². The lowest BCUT2D eigenvalue weighted by Crippen LogP contribution is -2.37. The van der Waals surface area contributed by atoms with Crippen LogP contribution in [0.15, 0.2) is 36.8 Å². The second kappa shape index (κ2) is 9.71. The average molecular weight is 483 g/mol. The van der Waals surface area contributed by atoms with E-state index in [1.54, 1.807) is 25.3 Å². The number of carbonyl (C=O) groups is 1. The van der Waals surface area contributed by atoms with Crippen molar-refractivity contribution < 1.29 is 18.3 Å². The van der Waals surface area contributed by atoms with Gasteiger partial charge in [0.05, 0.1) is 42.4 Å². The number of anilines is 2. The fraction of sp³-hybridized carbons (Fsp3) is 0.273. The Balaban J connectivity index is 1.60. The number of nitriles is 1. The number of alkyl halides is 2. The molecule has 1 aliphatic rings. The topological polar surface area (TPSA) is 117 Å². The van der Waals surface area contributed by atoms with Crippen LogP contribution in [0.25, 0.3) is 11.1 Å². The maximum Gasteiger partial charge on any atom is 0.302 e. The standard InChI is InChI=1S/C22H20F2N7O2P/c1-13-18(15-6-14(9-25)20(27-10-15)31-2-4-33-5-3-31)8-17(12-26-13)29-21(32)16-7-19(22(23,24)34)30-28-11-16/h6-8,10-12H,2-5,34H2,1H3,(H,29,32). The number of carbonyl (C=O) groups excluding carboxylic acids is 1. The Labute approximate surface area is 196 Å². The molecule has 1 fully saturated rings. The first kappa shape index (κ1) is 23.5. The molecule has 0 saturated carbocycles. The van der Waals surface area contributed by atoms with Gasteiger partial charge in [-0.15, -0.1) is 5.10 Å². The smallest absolute Gasteiger partial charge is 0.302 e. The lowest BCUT2D eigenvalue weighted by Gasteiger charge is -2.28. The number of aryl methyl sites for hydroxylation is 1. The van der Waals surface area contributed by atoms with E-state index in [0.29, 0.717) is 60.2 Å². The molecule has 1 N–H and O–H groups in total. The van der Waals surface area contributed by atoms with Crippen molar-refractivity contribution in [1.82, 2.24) is 20.2 Å². The SMILES string of the molecule is Cc1ncc(NC(=O)c2cnnc(C(F)(F)P)c2)cc1-c1cnc(N2CCOCC2)c(C#N)c1. The zero-order valence-electron chi connectivity index (χ0n) is 18.1. The highest BCUT2D eigenvalue weighted by atomic mass is 31.0. The minimum atomic E-state index is -3.30. The maximum absolute atomic E-state index is 13.5. The molecule has 3 aromatic heterocycles. The number of hydrogen-bond donors (Lipinski definition) is 1. The van der Waals surface area contributed by atoms with E-state index in [0.717, 1.165) is 12.3 Å². The van der Waals surface area contributed by atoms with E-state index in [4.69, 9.17) is 4.74 Å². The lowest BCUT2D eigenvalue weighted by molar-refractivity contribution is 0.0966. The number of nitrogens with one attached hydrogen (secondary N) is 1. The number of morpholine rings is 1. The summed E-state index contributed by atoms with van der Waals surface area (Å²) in [6.07, 6.45) is 4.21. The first-order chi connectivity index (χ1) is 16.3. The lowest BCUT2D eigenvalue weighted by atomic mass is 10.0. The van der Waals surface area contributed by atoms with Crippen LogP contribution in [0.1, 0.15) is 27.3 Å². The number of hydrogen-bond acceptors (Lipinski definition) is 8. The molecule has 3 aromatic rings. The molecule has 12 heteroatoms. The molecule has 4 heterocycles. The highest BCUT2D eigenvalue weighted by molar-refractivity contribution is 7.17. The van der Waals surface area contributed by atoms with E-state index < -0.39 is 17.3 Å². The summed E-state index contributed by atoms with van der Waals surface area (Å²) in [5.41, 5.74) is -1.26. The number of pyridine rings is 2. The summed E-state index contributed by atoms with van der Waals surface area (Å²) in [6.45, 7) is 4.24. The van der Waals surface area contributed by atoms with Crippen molar-refractivity contribution in [3.05, 3.63) is 59.3 Å². The van der Waals surface area contributed by atoms with E-state index in [2.05, 4.69) is 31.6 Å². The first-order valence-corrected chi connectivity index (χ1v) is 10.8. The Bertz CT molecular complexity index is 1270. The summed E-state index contributed by atoms with van der Waals surface area (Å²) in [4.78, 5) is 23.4. The first-order valence-electron chi connectivity index (χ1n) is 10.3. The Morgan fingerprint density at radius 2 is 1.97 bits per heavy atom. The molecule has 0 spiro atoms. The quantitative estimate of drug-likeness (QED) is 0.551. The number of aromatic nitrogens is 4. The average Bonchev–Trinajstić information content (AvgIpc) is 2.85. The highest BCUT2D eigenvalue weighted by Crippen LogP contribution is 2.33. The van der Waals surface area contributed by atoms with Gasteiger partial charge in [0.25, 0.3) is 5.91 Å². The molecule has 0 bridgehead atoms. The predicted molar refractivity (Wildman–Crippen MR) is 124 cm³/mol. The van der Waals surface area contributed by atoms with Crippen LogP contribution < -0.4 is 10.2 Å². The number of amides is 1. The Morgan fingerprint density at radius 1 is 1.21 bits per heavy atom.